The monoisotopic (exact) mass is 361 g/mol. The minimum atomic E-state index is -0.537. The molecular weight excluding hydrogens is 342 g/mol. The number of hydrogen-bond donors (Lipinski definition) is 2. The zero-order valence-electron chi connectivity index (χ0n) is 15.1. The molecule has 0 atom stereocenters. The number of rotatable bonds is 4. The van der Waals surface area contributed by atoms with E-state index in [9.17, 15) is 4.79 Å². The molecule has 0 bridgehead atoms. The lowest BCUT2D eigenvalue weighted by Crippen LogP contribution is -2.08. The van der Waals surface area contributed by atoms with Gasteiger partial charge in [0.15, 0.2) is 5.69 Å². The van der Waals surface area contributed by atoms with Crippen molar-refractivity contribution in [1.29, 1.82) is 0 Å². The van der Waals surface area contributed by atoms with Gasteiger partial charge in [0.05, 0.1) is 28.9 Å². The summed E-state index contributed by atoms with van der Waals surface area (Å²) in [5.41, 5.74) is 10.5. The van der Waals surface area contributed by atoms with Crippen LogP contribution in [0.5, 0.6) is 0 Å². The molecule has 0 saturated carbocycles. The van der Waals surface area contributed by atoms with E-state index in [-0.39, 0.29) is 12.3 Å². The highest BCUT2D eigenvalue weighted by Crippen LogP contribution is 2.31. The number of fused-ring (bicyclic) bond motifs is 1. The Labute approximate surface area is 155 Å². The molecule has 27 heavy (non-hydrogen) atoms. The average Bonchev–Trinajstić information content (AvgIpc) is 3.23. The van der Waals surface area contributed by atoms with Crippen molar-refractivity contribution in [2.24, 2.45) is 0 Å². The van der Waals surface area contributed by atoms with Crippen molar-refractivity contribution in [1.82, 2.24) is 19.7 Å². The first-order valence-electron chi connectivity index (χ1n) is 8.66. The maximum atomic E-state index is 12.5. The van der Waals surface area contributed by atoms with Crippen molar-refractivity contribution >= 4 is 22.8 Å². The number of nitrogens with two attached hydrogens (primary N) is 1. The van der Waals surface area contributed by atoms with E-state index in [1.54, 1.807) is 6.92 Å². The number of H-pyrrole nitrogens is 1. The predicted octanol–water partition coefficient (Wildman–Crippen LogP) is 3.48. The second-order valence-electron chi connectivity index (χ2n) is 6.18. The van der Waals surface area contributed by atoms with Crippen LogP contribution in [0.2, 0.25) is 0 Å². The Morgan fingerprint density at radius 2 is 1.93 bits per heavy atom. The Morgan fingerprint density at radius 1 is 1.19 bits per heavy atom. The summed E-state index contributed by atoms with van der Waals surface area (Å²) >= 11 is 0. The van der Waals surface area contributed by atoms with Gasteiger partial charge in [-0.25, -0.2) is 14.5 Å². The zero-order valence-corrected chi connectivity index (χ0v) is 15.1. The van der Waals surface area contributed by atoms with E-state index >= 15 is 0 Å². The minimum absolute atomic E-state index is 0.133. The minimum Gasteiger partial charge on any atom is -0.461 e. The van der Waals surface area contributed by atoms with E-state index in [0.717, 1.165) is 22.3 Å². The molecule has 4 rings (SSSR count). The van der Waals surface area contributed by atoms with Crippen LogP contribution in [-0.4, -0.2) is 32.3 Å². The number of carbonyl (C=O) groups is 1. The van der Waals surface area contributed by atoms with Gasteiger partial charge in [-0.2, -0.15) is 5.10 Å². The average molecular weight is 361 g/mol. The molecular formula is C20H19N5O2. The number of aromatic nitrogens is 4. The van der Waals surface area contributed by atoms with Crippen LogP contribution < -0.4 is 5.73 Å². The molecule has 2 aromatic carbocycles. The number of imidazole rings is 1. The van der Waals surface area contributed by atoms with E-state index in [1.807, 2.05) is 55.5 Å². The first-order chi connectivity index (χ1) is 13.1. The van der Waals surface area contributed by atoms with Crippen molar-refractivity contribution in [3.8, 4) is 17.1 Å². The van der Waals surface area contributed by atoms with Crippen LogP contribution in [0.25, 0.3) is 28.1 Å². The number of hydrogen-bond acceptors (Lipinski definition) is 5. The predicted molar refractivity (Wildman–Crippen MR) is 104 cm³/mol. The van der Waals surface area contributed by atoms with Crippen LogP contribution in [0, 0.1) is 6.92 Å². The molecule has 0 aliphatic rings. The van der Waals surface area contributed by atoms with Gasteiger partial charge in [0.25, 0.3) is 0 Å². The van der Waals surface area contributed by atoms with E-state index in [2.05, 4.69) is 15.1 Å². The van der Waals surface area contributed by atoms with Crippen molar-refractivity contribution in [3.63, 3.8) is 0 Å². The first-order valence-corrected chi connectivity index (χ1v) is 8.66. The molecule has 0 radical (unpaired) electrons. The first kappa shape index (κ1) is 16.8. The van der Waals surface area contributed by atoms with Crippen molar-refractivity contribution in [3.05, 3.63) is 59.8 Å². The van der Waals surface area contributed by atoms with E-state index in [0.29, 0.717) is 17.2 Å². The zero-order chi connectivity index (χ0) is 19.0. The van der Waals surface area contributed by atoms with Gasteiger partial charge in [0.1, 0.15) is 11.6 Å². The van der Waals surface area contributed by atoms with Crippen LogP contribution in [0.15, 0.2) is 48.5 Å². The molecule has 3 N–H and O–H groups in total. The standard InChI is InChI=1S/C20H19N5O2/c1-3-27-20(26)17-16(19-22-14-6-4-5-7-15(14)23-19)18(21)25(24-17)13-10-8-12(2)9-11-13/h4-11H,3,21H2,1-2H3,(H,22,23). The summed E-state index contributed by atoms with van der Waals surface area (Å²) in [5.74, 6) is 0.265. The number of nitrogen functional groups attached to an aromatic ring is 1. The van der Waals surface area contributed by atoms with E-state index in [1.165, 1.54) is 4.68 Å². The van der Waals surface area contributed by atoms with Crippen LogP contribution in [0.3, 0.4) is 0 Å². The second-order valence-corrected chi connectivity index (χ2v) is 6.18. The molecule has 0 amide bonds. The summed E-state index contributed by atoms with van der Waals surface area (Å²) in [6, 6.07) is 15.3. The Morgan fingerprint density at radius 3 is 2.63 bits per heavy atom. The van der Waals surface area contributed by atoms with Crippen LogP contribution in [-0.2, 0) is 4.74 Å². The summed E-state index contributed by atoms with van der Waals surface area (Å²) in [7, 11) is 0. The molecule has 136 valence electrons. The van der Waals surface area contributed by atoms with Gasteiger partial charge in [0, 0.05) is 0 Å². The molecule has 2 heterocycles. The third-order valence-electron chi connectivity index (χ3n) is 4.29. The lowest BCUT2D eigenvalue weighted by atomic mass is 10.2. The molecule has 0 aliphatic heterocycles. The topological polar surface area (TPSA) is 98.8 Å². The maximum absolute atomic E-state index is 12.5. The number of aromatic amines is 1. The summed E-state index contributed by atoms with van der Waals surface area (Å²) in [5, 5.41) is 4.43. The van der Waals surface area contributed by atoms with Crippen LogP contribution in [0.4, 0.5) is 5.82 Å². The molecule has 2 aromatic heterocycles. The smallest absolute Gasteiger partial charge is 0.359 e. The number of para-hydroxylation sites is 2. The van der Waals surface area contributed by atoms with Gasteiger partial charge in [-0.3, -0.25) is 0 Å². The van der Waals surface area contributed by atoms with Crippen molar-refractivity contribution in [2.75, 3.05) is 12.3 Å². The molecule has 0 spiro atoms. The molecule has 0 aliphatic carbocycles. The lowest BCUT2D eigenvalue weighted by molar-refractivity contribution is 0.0519. The number of esters is 1. The normalized spacial score (nSPS) is 11.0. The van der Waals surface area contributed by atoms with E-state index in [4.69, 9.17) is 10.5 Å². The van der Waals surface area contributed by atoms with Gasteiger partial charge >= 0.3 is 5.97 Å². The second kappa shape index (κ2) is 6.60. The number of ether oxygens (including phenoxy) is 1. The Bertz CT molecular complexity index is 1090. The molecule has 4 aromatic rings. The fraction of sp³-hybridized carbons (Fsp3) is 0.150. The van der Waals surface area contributed by atoms with Gasteiger partial charge in [-0.15, -0.1) is 0 Å². The number of nitrogens with zero attached hydrogens (tertiary/aromatic N) is 3. The third-order valence-corrected chi connectivity index (χ3v) is 4.29. The van der Waals surface area contributed by atoms with E-state index < -0.39 is 5.97 Å². The number of benzene rings is 2. The summed E-state index contributed by atoms with van der Waals surface area (Å²) in [6.07, 6.45) is 0. The number of anilines is 1. The fourth-order valence-corrected chi connectivity index (χ4v) is 2.96. The highest BCUT2D eigenvalue weighted by molar-refractivity contribution is 5.98. The Balaban J connectivity index is 1.92. The summed E-state index contributed by atoms with van der Waals surface area (Å²) in [6.45, 7) is 3.99. The van der Waals surface area contributed by atoms with Crippen molar-refractivity contribution in [2.45, 2.75) is 13.8 Å². The molecule has 7 heteroatoms. The van der Waals surface area contributed by atoms with Gasteiger partial charge in [-0.1, -0.05) is 29.8 Å². The number of nitrogens with one attached hydrogen (secondary N) is 1. The largest absolute Gasteiger partial charge is 0.461 e. The SMILES string of the molecule is CCOC(=O)c1nn(-c2ccc(C)cc2)c(N)c1-c1nc2ccccc2[nH]1. The van der Waals surface area contributed by atoms with Crippen LogP contribution in [0.1, 0.15) is 23.0 Å². The Kier molecular flexibility index (Phi) is 4.12. The van der Waals surface area contributed by atoms with Gasteiger partial charge in [-0.05, 0) is 38.1 Å². The molecule has 7 nitrogen and oxygen atoms in total. The number of aryl methyl sites for hydroxylation is 1. The number of carbonyl (C=O) groups excluding carboxylic acids is 1. The van der Waals surface area contributed by atoms with Crippen LogP contribution >= 0.6 is 0 Å². The quantitative estimate of drug-likeness (QED) is 0.542. The highest BCUT2D eigenvalue weighted by Gasteiger charge is 2.26. The maximum Gasteiger partial charge on any atom is 0.359 e. The van der Waals surface area contributed by atoms with Gasteiger partial charge < -0.3 is 15.5 Å². The fourth-order valence-electron chi connectivity index (χ4n) is 2.96. The molecule has 0 saturated heterocycles. The van der Waals surface area contributed by atoms with Crippen molar-refractivity contribution < 1.29 is 9.53 Å². The molecule has 0 unspecified atom stereocenters. The Hall–Kier alpha value is -3.61. The van der Waals surface area contributed by atoms with Gasteiger partial charge in [0.2, 0.25) is 0 Å². The summed E-state index contributed by atoms with van der Waals surface area (Å²) in [4.78, 5) is 20.3. The highest BCUT2D eigenvalue weighted by atomic mass is 16.5. The lowest BCUT2D eigenvalue weighted by Gasteiger charge is -2.04. The summed E-state index contributed by atoms with van der Waals surface area (Å²) < 4.78 is 6.71. The molecule has 0 fully saturated rings. The third kappa shape index (κ3) is 2.93.